The number of ether oxygens (including phenoxy) is 1. The van der Waals surface area contributed by atoms with Crippen molar-refractivity contribution < 1.29 is 31.1 Å². The number of aromatic amines is 1. The van der Waals surface area contributed by atoms with E-state index >= 15 is 0 Å². The number of nitrogens with two attached hydrogens (primary N) is 1. The molecular weight excluding hydrogens is 563 g/mol. The summed E-state index contributed by atoms with van der Waals surface area (Å²) in [7, 11) is -2.57. The van der Waals surface area contributed by atoms with Crippen LogP contribution in [0.5, 0.6) is 0 Å². The number of alkyl halides is 3. The van der Waals surface area contributed by atoms with Crippen molar-refractivity contribution in [2.75, 3.05) is 31.2 Å². The van der Waals surface area contributed by atoms with E-state index in [0.717, 1.165) is 18.2 Å². The number of carbonyl (C=O) groups excluding carboxylic acids is 1. The maximum Gasteiger partial charge on any atom is 0.417 e. The molecule has 1 heterocycles. The molecule has 2 aromatic carbocycles. The lowest BCUT2D eigenvalue weighted by Gasteiger charge is -2.24. The van der Waals surface area contributed by atoms with Gasteiger partial charge in [-0.25, -0.2) is 23.0 Å². The highest BCUT2D eigenvalue weighted by Crippen LogP contribution is 2.43. The van der Waals surface area contributed by atoms with Gasteiger partial charge in [-0.2, -0.15) is 18.2 Å². The standard InChI is InChI=1S/C23H27ClF3N7O4S/c1-22(2,3)38-21(35)34(4)10-9-29-39(36,37)15-7-5-13(6-8-15)18-16(23(25,26)27)11-14(12-17(18)24)30-20-31-19(28)32-33-20/h5-8,11-12,29H,9-10H2,1-4H3,(H4,28,30,31,32,33). The molecule has 16 heteroatoms. The number of hydrogen-bond donors (Lipinski definition) is 4. The highest BCUT2D eigenvalue weighted by atomic mass is 35.5. The maximum absolute atomic E-state index is 14.0. The average molecular weight is 590 g/mol. The quantitative estimate of drug-likeness (QED) is 0.297. The van der Waals surface area contributed by atoms with Crippen molar-refractivity contribution in [3.63, 3.8) is 0 Å². The first-order valence-electron chi connectivity index (χ1n) is 11.4. The Hall–Kier alpha value is -3.56. The molecule has 1 aromatic heterocycles. The molecule has 212 valence electrons. The predicted molar refractivity (Wildman–Crippen MR) is 140 cm³/mol. The lowest BCUT2D eigenvalue weighted by molar-refractivity contribution is -0.137. The number of nitrogens with one attached hydrogen (secondary N) is 3. The van der Waals surface area contributed by atoms with E-state index in [0.29, 0.717) is 0 Å². The first kappa shape index (κ1) is 30.0. The smallest absolute Gasteiger partial charge is 0.417 e. The van der Waals surface area contributed by atoms with Gasteiger partial charge in [-0.1, -0.05) is 23.7 Å². The van der Waals surface area contributed by atoms with E-state index in [2.05, 4.69) is 25.2 Å². The van der Waals surface area contributed by atoms with Crippen LogP contribution in [0.4, 0.5) is 35.5 Å². The van der Waals surface area contributed by atoms with Crippen LogP contribution >= 0.6 is 11.6 Å². The van der Waals surface area contributed by atoms with Crippen molar-refractivity contribution in [2.45, 2.75) is 37.4 Å². The summed E-state index contributed by atoms with van der Waals surface area (Å²) in [5.74, 6) is -0.0837. The van der Waals surface area contributed by atoms with E-state index in [1.807, 2.05) is 0 Å². The second-order valence-electron chi connectivity index (χ2n) is 9.37. The SMILES string of the molecule is CN(CCNS(=O)(=O)c1ccc(-c2c(Cl)cc(Nc3n[nH]c(N)n3)cc2C(F)(F)F)cc1)C(=O)OC(C)(C)C. The number of benzene rings is 2. The van der Waals surface area contributed by atoms with Crippen LogP contribution in [0.25, 0.3) is 11.1 Å². The number of halogens is 4. The second kappa shape index (κ2) is 11.3. The van der Waals surface area contributed by atoms with Gasteiger partial charge in [-0.15, -0.1) is 5.10 Å². The van der Waals surface area contributed by atoms with Crippen LogP contribution in [0, 0.1) is 0 Å². The van der Waals surface area contributed by atoms with E-state index in [4.69, 9.17) is 22.1 Å². The van der Waals surface area contributed by atoms with Gasteiger partial charge in [-0.3, -0.25) is 0 Å². The number of anilines is 3. The summed E-state index contributed by atoms with van der Waals surface area (Å²) in [5, 5.41) is 8.42. The number of amides is 1. The van der Waals surface area contributed by atoms with Gasteiger partial charge >= 0.3 is 12.3 Å². The number of nitrogens with zero attached hydrogens (tertiary/aromatic N) is 3. The topological polar surface area (TPSA) is 155 Å². The zero-order valence-electron chi connectivity index (χ0n) is 21.4. The molecule has 3 rings (SSSR count). The van der Waals surface area contributed by atoms with Crippen LogP contribution in [0.1, 0.15) is 26.3 Å². The maximum atomic E-state index is 14.0. The molecule has 1 amide bonds. The van der Waals surface area contributed by atoms with E-state index < -0.39 is 33.5 Å². The molecule has 3 aromatic rings. The molecule has 11 nitrogen and oxygen atoms in total. The third-order valence-electron chi connectivity index (χ3n) is 5.05. The van der Waals surface area contributed by atoms with Gasteiger partial charge < -0.3 is 20.7 Å². The van der Waals surface area contributed by atoms with Crippen LogP contribution in [0.2, 0.25) is 5.02 Å². The minimum Gasteiger partial charge on any atom is -0.444 e. The van der Waals surface area contributed by atoms with Gasteiger partial charge in [0.05, 0.1) is 15.5 Å². The normalized spacial score (nSPS) is 12.3. The highest BCUT2D eigenvalue weighted by molar-refractivity contribution is 7.89. The van der Waals surface area contributed by atoms with Gasteiger partial charge in [-0.05, 0) is 50.6 Å². The lowest BCUT2D eigenvalue weighted by atomic mass is 9.98. The predicted octanol–water partition coefficient (Wildman–Crippen LogP) is 4.61. The number of H-pyrrole nitrogens is 1. The molecule has 0 fully saturated rings. The molecule has 0 unspecified atom stereocenters. The van der Waals surface area contributed by atoms with E-state index in [1.54, 1.807) is 20.8 Å². The Labute approximate surface area is 227 Å². The fraction of sp³-hybridized carbons (Fsp3) is 0.348. The summed E-state index contributed by atoms with van der Waals surface area (Å²) in [6.45, 7) is 5.02. The molecule has 0 bridgehead atoms. The number of sulfonamides is 1. The molecule has 0 spiro atoms. The van der Waals surface area contributed by atoms with Crippen molar-refractivity contribution in [2.24, 2.45) is 0 Å². The Morgan fingerprint density at radius 1 is 1.18 bits per heavy atom. The molecule has 0 radical (unpaired) electrons. The van der Waals surface area contributed by atoms with Crippen molar-refractivity contribution in [1.82, 2.24) is 24.8 Å². The Bertz CT molecular complexity index is 1440. The first-order chi connectivity index (χ1) is 18.0. The van der Waals surface area contributed by atoms with E-state index in [1.165, 1.54) is 30.1 Å². The van der Waals surface area contributed by atoms with E-state index in [-0.39, 0.29) is 51.7 Å². The van der Waals surface area contributed by atoms with Crippen LogP contribution in [-0.2, 0) is 20.9 Å². The summed E-state index contributed by atoms with van der Waals surface area (Å²) in [5.41, 5.74) is 3.35. The first-order valence-corrected chi connectivity index (χ1v) is 13.2. The fourth-order valence-corrected chi connectivity index (χ4v) is 4.67. The Morgan fingerprint density at radius 3 is 2.36 bits per heavy atom. The van der Waals surface area contributed by atoms with Crippen molar-refractivity contribution >= 4 is 45.3 Å². The molecule has 39 heavy (non-hydrogen) atoms. The van der Waals surface area contributed by atoms with Crippen molar-refractivity contribution in [3.8, 4) is 11.1 Å². The van der Waals surface area contributed by atoms with Gasteiger partial charge in [0.25, 0.3) is 0 Å². The summed E-state index contributed by atoms with van der Waals surface area (Å²) in [4.78, 5) is 16.8. The third kappa shape index (κ3) is 7.97. The summed E-state index contributed by atoms with van der Waals surface area (Å²) >= 11 is 6.25. The molecule has 0 atom stereocenters. The van der Waals surface area contributed by atoms with Gasteiger partial charge in [0.2, 0.25) is 21.9 Å². The fourth-order valence-electron chi connectivity index (χ4n) is 3.32. The lowest BCUT2D eigenvalue weighted by Crippen LogP contribution is -2.39. The molecule has 0 saturated heterocycles. The summed E-state index contributed by atoms with van der Waals surface area (Å²) < 4.78 is 74.8. The van der Waals surface area contributed by atoms with Crippen LogP contribution in [0.3, 0.4) is 0 Å². The van der Waals surface area contributed by atoms with Gasteiger partial charge in [0, 0.05) is 31.4 Å². The zero-order chi connectivity index (χ0) is 29.2. The minimum atomic E-state index is -4.79. The largest absolute Gasteiger partial charge is 0.444 e. The summed E-state index contributed by atoms with van der Waals surface area (Å²) in [6, 6.07) is 6.86. The monoisotopic (exact) mass is 589 g/mol. The highest BCUT2D eigenvalue weighted by Gasteiger charge is 2.35. The Balaban J connectivity index is 1.79. The molecule has 0 aliphatic heterocycles. The number of hydrogen-bond acceptors (Lipinski definition) is 8. The number of likely N-dealkylation sites (N-methyl/N-ethyl adjacent to an activating group) is 1. The molecular formula is C23H27ClF3N7O4S. The van der Waals surface area contributed by atoms with Crippen LogP contribution in [0.15, 0.2) is 41.3 Å². The Morgan fingerprint density at radius 2 is 1.82 bits per heavy atom. The molecule has 5 N–H and O–H groups in total. The van der Waals surface area contributed by atoms with Crippen LogP contribution in [-0.4, -0.2) is 60.3 Å². The van der Waals surface area contributed by atoms with E-state index in [9.17, 15) is 26.4 Å². The number of rotatable bonds is 8. The molecule has 0 saturated carbocycles. The summed E-state index contributed by atoms with van der Waals surface area (Å²) in [6.07, 6.45) is -5.41. The number of carbonyl (C=O) groups is 1. The second-order valence-corrected chi connectivity index (χ2v) is 11.5. The average Bonchev–Trinajstić information content (AvgIpc) is 3.21. The third-order valence-corrected chi connectivity index (χ3v) is 6.83. The van der Waals surface area contributed by atoms with Crippen LogP contribution < -0.4 is 15.8 Å². The Kier molecular flexibility index (Phi) is 8.67. The number of aromatic nitrogens is 3. The van der Waals surface area contributed by atoms with Gasteiger partial charge in [0.15, 0.2) is 0 Å². The molecule has 0 aliphatic rings. The van der Waals surface area contributed by atoms with Gasteiger partial charge in [0.1, 0.15) is 5.60 Å². The number of nitrogen functional groups attached to an aromatic ring is 1. The zero-order valence-corrected chi connectivity index (χ0v) is 22.9. The van der Waals surface area contributed by atoms with Crippen molar-refractivity contribution in [1.29, 1.82) is 0 Å². The van der Waals surface area contributed by atoms with Crippen molar-refractivity contribution in [3.05, 3.63) is 47.0 Å². The minimum absolute atomic E-state index is 0.0253. The molecule has 0 aliphatic carbocycles.